The van der Waals surface area contributed by atoms with Gasteiger partial charge in [0.25, 0.3) is 0 Å². The van der Waals surface area contributed by atoms with Gasteiger partial charge in [-0.15, -0.1) is 0 Å². The molecule has 7 heteroatoms. The summed E-state index contributed by atoms with van der Waals surface area (Å²) in [6.07, 6.45) is 4.19. The molecule has 2 aliphatic carbocycles. The van der Waals surface area contributed by atoms with Crippen molar-refractivity contribution >= 4 is 5.97 Å². The molecule has 1 heterocycles. The molecule has 0 bridgehead atoms. The monoisotopic (exact) mass is 370 g/mol. The highest BCUT2D eigenvalue weighted by Gasteiger charge is 2.69. The Balaban J connectivity index is 2.07. The van der Waals surface area contributed by atoms with Crippen molar-refractivity contribution in [2.45, 2.75) is 32.5 Å². The Bertz CT molecular complexity index is 546. The molecule has 1 spiro atoms. The molecule has 6 atom stereocenters. The Hall–Kier alpha value is -0.990. The lowest BCUT2D eigenvalue weighted by Gasteiger charge is -2.58. The van der Waals surface area contributed by atoms with Crippen molar-refractivity contribution < 1.29 is 33.6 Å². The summed E-state index contributed by atoms with van der Waals surface area (Å²) in [5.41, 5.74) is -0.730. The van der Waals surface area contributed by atoms with Crippen LogP contribution in [-0.4, -0.2) is 64.3 Å². The second-order valence-electron chi connectivity index (χ2n) is 8.20. The van der Waals surface area contributed by atoms with Crippen LogP contribution in [0.25, 0.3) is 0 Å². The zero-order chi connectivity index (χ0) is 18.9. The van der Waals surface area contributed by atoms with Gasteiger partial charge in [-0.1, -0.05) is 26.0 Å². The van der Waals surface area contributed by atoms with Crippen molar-refractivity contribution in [2.75, 3.05) is 41.0 Å². The standard InChI is InChI=1S/C19H30O7/c1-18(2)7-13(25-10-22-3)16(26-11-23-4)19-9-24-17(21)15(19)12(8-20)5-6-14(18)19/h5-6,12-16,20H,7-11H2,1-4H3/t12-,13+,14+,15-,16+,19+/m1/s1. The summed E-state index contributed by atoms with van der Waals surface area (Å²) in [6.45, 7) is 4.75. The number of allylic oxidation sites excluding steroid dienone is 1. The van der Waals surface area contributed by atoms with Crippen LogP contribution < -0.4 is 0 Å². The minimum atomic E-state index is -0.599. The van der Waals surface area contributed by atoms with Crippen molar-refractivity contribution in [3.05, 3.63) is 12.2 Å². The minimum absolute atomic E-state index is 0.0681. The lowest BCUT2D eigenvalue weighted by molar-refractivity contribution is -0.249. The number of aliphatic hydroxyl groups excluding tert-OH is 1. The SMILES string of the molecule is COCO[C@H]1CC(C)(C)[C@@H]2C=C[C@H](CO)[C@@H]3C(=O)OC[C@@]32[C@H]1OCOC. The van der Waals surface area contributed by atoms with E-state index >= 15 is 0 Å². The molecule has 0 unspecified atom stereocenters. The topological polar surface area (TPSA) is 83.5 Å². The summed E-state index contributed by atoms with van der Waals surface area (Å²) in [7, 11) is 3.15. The number of aliphatic hydroxyl groups is 1. The number of rotatable bonds is 7. The molecule has 1 saturated carbocycles. The summed E-state index contributed by atoms with van der Waals surface area (Å²) >= 11 is 0. The molecule has 0 aromatic heterocycles. The largest absolute Gasteiger partial charge is 0.465 e. The van der Waals surface area contributed by atoms with Gasteiger partial charge >= 0.3 is 5.97 Å². The van der Waals surface area contributed by atoms with E-state index in [0.717, 1.165) is 6.42 Å². The van der Waals surface area contributed by atoms with Crippen LogP contribution in [0.4, 0.5) is 0 Å². The molecule has 3 rings (SSSR count). The predicted octanol–water partition coefficient (Wildman–Crippen LogP) is 1.35. The number of hydrogen-bond acceptors (Lipinski definition) is 7. The molecule has 1 saturated heterocycles. The van der Waals surface area contributed by atoms with Crippen LogP contribution >= 0.6 is 0 Å². The second-order valence-corrected chi connectivity index (χ2v) is 8.20. The maximum absolute atomic E-state index is 12.7. The number of carbonyl (C=O) groups is 1. The fourth-order valence-electron chi connectivity index (χ4n) is 5.39. The third-order valence-electron chi connectivity index (χ3n) is 6.27. The zero-order valence-electron chi connectivity index (χ0n) is 16.0. The number of esters is 1. The van der Waals surface area contributed by atoms with E-state index in [9.17, 15) is 9.90 Å². The Morgan fingerprint density at radius 2 is 1.88 bits per heavy atom. The van der Waals surface area contributed by atoms with Gasteiger partial charge in [0.15, 0.2) is 0 Å². The van der Waals surface area contributed by atoms with Gasteiger partial charge in [-0.05, 0) is 17.8 Å². The van der Waals surface area contributed by atoms with Crippen molar-refractivity contribution in [1.82, 2.24) is 0 Å². The van der Waals surface area contributed by atoms with Crippen LogP contribution in [0.5, 0.6) is 0 Å². The molecule has 0 aromatic carbocycles. The third-order valence-corrected chi connectivity index (χ3v) is 6.27. The van der Waals surface area contributed by atoms with E-state index < -0.39 is 17.4 Å². The van der Waals surface area contributed by atoms with Gasteiger partial charge in [-0.3, -0.25) is 4.79 Å². The molecule has 0 radical (unpaired) electrons. The molecule has 0 amide bonds. The van der Waals surface area contributed by atoms with Gasteiger partial charge in [-0.2, -0.15) is 0 Å². The first-order valence-electron chi connectivity index (χ1n) is 9.09. The molecule has 7 nitrogen and oxygen atoms in total. The Morgan fingerprint density at radius 1 is 1.19 bits per heavy atom. The molecule has 3 aliphatic rings. The number of hydrogen-bond donors (Lipinski definition) is 1. The number of ether oxygens (including phenoxy) is 5. The van der Waals surface area contributed by atoms with Crippen molar-refractivity contribution in [3.8, 4) is 0 Å². The maximum Gasteiger partial charge on any atom is 0.310 e. The number of methoxy groups -OCH3 is 2. The zero-order valence-corrected chi connectivity index (χ0v) is 16.0. The molecule has 2 fully saturated rings. The van der Waals surface area contributed by atoms with Crippen LogP contribution in [0.2, 0.25) is 0 Å². The van der Waals surface area contributed by atoms with Crippen LogP contribution in [0.3, 0.4) is 0 Å². The first-order valence-corrected chi connectivity index (χ1v) is 9.09. The van der Waals surface area contributed by atoms with Gasteiger partial charge in [-0.25, -0.2) is 0 Å². The van der Waals surface area contributed by atoms with Crippen LogP contribution in [-0.2, 0) is 28.5 Å². The van der Waals surface area contributed by atoms with Crippen LogP contribution in [0.1, 0.15) is 20.3 Å². The van der Waals surface area contributed by atoms with E-state index in [4.69, 9.17) is 23.7 Å². The van der Waals surface area contributed by atoms with E-state index in [1.54, 1.807) is 14.2 Å². The number of carbonyl (C=O) groups excluding carboxylic acids is 1. The normalized spacial score (nSPS) is 40.8. The van der Waals surface area contributed by atoms with E-state index in [0.29, 0.717) is 0 Å². The highest BCUT2D eigenvalue weighted by atomic mass is 16.7. The Morgan fingerprint density at radius 3 is 2.54 bits per heavy atom. The van der Waals surface area contributed by atoms with Gasteiger partial charge in [0.1, 0.15) is 20.2 Å². The van der Waals surface area contributed by atoms with E-state index in [-0.39, 0.29) is 56.1 Å². The Kier molecular flexibility index (Phi) is 5.75. The van der Waals surface area contributed by atoms with Gasteiger partial charge in [0.2, 0.25) is 0 Å². The average molecular weight is 370 g/mol. The third kappa shape index (κ3) is 2.99. The molecule has 26 heavy (non-hydrogen) atoms. The average Bonchev–Trinajstić information content (AvgIpc) is 2.96. The molecular formula is C19H30O7. The van der Waals surface area contributed by atoms with Crippen molar-refractivity contribution in [2.24, 2.45) is 28.6 Å². The van der Waals surface area contributed by atoms with Crippen LogP contribution in [0.15, 0.2) is 12.2 Å². The minimum Gasteiger partial charge on any atom is -0.465 e. The lowest BCUT2D eigenvalue weighted by Crippen LogP contribution is -2.64. The molecular weight excluding hydrogens is 340 g/mol. The molecule has 148 valence electrons. The maximum atomic E-state index is 12.7. The first kappa shape index (κ1) is 19.8. The summed E-state index contributed by atoms with van der Waals surface area (Å²) in [4.78, 5) is 12.7. The molecule has 1 aliphatic heterocycles. The molecule has 0 aromatic rings. The summed E-state index contributed by atoms with van der Waals surface area (Å²) in [6, 6.07) is 0. The lowest BCUT2D eigenvalue weighted by atomic mass is 9.47. The van der Waals surface area contributed by atoms with Gasteiger partial charge in [0.05, 0.1) is 30.1 Å². The fraction of sp³-hybridized carbons (Fsp3) is 0.842. The number of cyclic esters (lactones) is 1. The fourth-order valence-corrected chi connectivity index (χ4v) is 5.39. The second kappa shape index (κ2) is 7.56. The quantitative estimate of drug-likeness (QED) is 0.411. The van der Waals surface area contributed by atoms with Crippen molar-refractivity contribution in [3.63, 3.8) is 0 Å². The Labute approximate surface area is 154 Å². The van der Waals surface area contributed by atoms with Gasteiger partial charge in [0, 0.05) is 20.1 Å². The summed E-state index contributed by atoms with van der Waals surface area (Å²) < 4.78 is 27.9. The van der Waals surface area contributed by atoms with Crippen molar-refractivity contribution in [1.29, 1.82) is 0 Å². The van der Waals surface area contributed by atoms with Gasteiger partial charge < -0.3 is 28.8 Å². The van der Waals surface area contributed by atoms with Crippen LogP contribution in [0, 0.1) is 28.6 Å². The molecule has 1 N–H and O–H groups in total. The van der Waals surface area contributed by atoms with E-state index in [2.05, 4.69) is 19.9 Å². The summed E-state index contributed by atoms with van der Waals surface area (Å²) in [5, 5.41) is 9.87. The summed E-state index contributed by atoms with van der Waals surface area (Å²) in [5.74, 6) is -0.949. The highest BCUT2D eigenvalue weighted by molar-refractivity contribution is 5.77. The highest BCUT2D eigenvalue weighted by Crippen LogP contribution is 2.62. The first-order chi connectivity index (χ1) is 12.4. The van der Waals surface area contributed by atoms with E-state index in [1.807, 2.05) is 6.08 Å². The smallest absolute Gasteiger partial charge is 0.310 e. The predicted molar refractivity (Wildman–Crippen MR) is 92.0 cm³/mol. The van der Waals surface area contributed by atoms with E-state index in [1.165, 1.54) is 0 Å².